The van der Waals surface area contributed by atoms with Crippen LogP contribution in [0.2, 0.25) is 0 Å². The largest absolute Gasteiger partial charge is 0.508 e. The van der Waals surface area contributed by atoms with E-state index in [0.29, 0.717) is 0 Å². The lowest BCUT2D eigenvalue weighted by atomic mass is 10.1. The Kier molecular flexibility index (Phi) is 6.67. The molecule has 0 saturated heterocycles. The van der Waals surface area contributed by atoms with Crippen molar-refractivity contribution < 1.29 is 15.3 Å². The molecule has 0 aliphatic rings. The van der Waals surface area contributed by atoms with Crippen LogP contribution in [0.25, 0.3) is 36.5 Å². The van der Waals surface area contributed by atoms with E-state index in [0.717, 1.165) is 33.6 Å². The number of hydrogen-bond donors (Lipinski definition) is 3. The summed E-state index contributed by atoms with van der Waals surface area (Å²) >= 11 is 0. The minimum absolute atomic E-state index is 0.230. The Labute approximate surface area is 192 Å². The second-order valence-electron chi connectivity index (χ2n) is 7.52. The van der Waals surface area contributed by atoms with Crippen molar-refractivity contribution in [3.05, 3.63) is 119 Å². The number of nitrogens with zero attached hydrogens (tertiary/aromatic N) is 1. The summed E-state index contributed by atoms with van der Waals surface area (Å²) in [6.07, 6.45) is 11.7. The van der Waals surface area contributed by atoms with Crippen molar-refractivity contribution in [1.82, 2.24) is 4.98 Å². The highest BCUT2D eigenvalue weighted by Gasteiger charge is 1.99. The van der Waals surface area contributed by atoms with Crippen LogP contribution in [0.3, 0.4) is 0 Å². The Morgan fingerprint density at radius 2 is 0.697 bits per heavy atom. The maximum atomic E-state index is 9.48. The lowest BCUT2D eigenvalue weighted by molar-refractivity contribution is 0.474. The molecule has 3 N–H and O–H groups in total. The first-order chi connectivity index (χ1) is 16.0. The van der Waals surface area contributed by atoms with Gasteiger partial charge in [0.2, 0.25) is 0 Å². The molecule has 3 aromatic carbocycles. The van der Waals surface area contributed by atoms with Gasteiger partial charge in [-0.15, -0.1) is 0 Å². The topological polar surface area (TPSA) is 73.6 Å². The lowest BCUT2D eigenvalue weighted by Gasteiger charge is -2.03. The molecule has 0 fully saturated rings. The molecule has 162 valence electrons. The third-order valence-corrected chi connectivity index (χ3v) is 4.93. The molecule has 0 unspecified atom stereocenters. The number of phenolic OH excluding ortho intramolecular Hbond substituents is 3. The quantitative estimate of drug-likeness (QED) is 0.316. The van der Waals surface area contributed by atoms with Crippen molar-refractivity contribution in [2.45, 2.75) is 0 Å². The van der Waals surface area contributed by atoms with Crippen LogP contribution in [0.4, 0.5) is 0 Å². The first kappa shape index (κ1) is 21.7. The zero-order chi connectivity index (χ0) is 23.0. The average molecular weight is 434 g/mol. The number of hydrogen-bond acceptors (Lipinski definition) is 4. The van der Waals surface area contributed by atoms with Crippen LogP contribution >= 0.6 is 0 Å². The summed E-state index contributed by atoms with van der Waals surface area (Å²) in [6.45, 7) is 0. The van der Waals surface area contributed by atoms with E-state index >= 15 is 0 Å². The van der Waals surface area contributed by atoms with Gasteiger partial charge in [-0.25, -0.2) is 4.98 Å². The van der Waals surface area contributed by atoms with E-state index in [-0.39, 0.29) is 17.2 Å². The Morgan fingerprint density at radius 1 is 0.394 bits per heavy atom. The number of benzene rings is 3. The molecular weight excluding hydrogens is 410 g/mol. The van der Waals surface area contributed by atoms with Gasteiger partial charge in [0, 0.05) is 0 Å². The number of aromatic hydroxyl groups is 3. The zero-order valence-electron chi connectivity index (χ0n) is 17.8. The van der Waals surface area contributed by atoms with Crippen LogP contribution in [-0.2, 0) is 0 Å². The lowest BCUT2D eigenvalue weighted by Crippen LogP contribution is -1.88. The highest BCUT2D eigenvalue weighted by molar-refractivity contribution is 5.76. The van der Waals surface area contributed by atoms with Gasteiger partial charge in [-0.1, -0.05) is 60.7 Å². The molecule has 0 aliphatic heterocycles. The number of rotatable bonds is 6. The monoisotopic (exact) mass is 433 g/mol. The third-order valence-electron chi connectivity index (χ3n) is 4.93. The summed E-state index contributed by atoms with van der Waals surface area (Å²) in [5.41, 5.74) is 5.46. The van der Waals surface area contributed by atoms with E-state index in [1.165, 1.54) is 0 Å². The van der Waals surface area contributed by atoms with Crippen molar-refractivity contribution in [2.75, 3.05) is 0 Å². The van der Waals surface area contributed by atoms with Crippen molar-refractivity contribution >= 4 is 36.5 Å². The van der Waals surface area contributed by atoms with Crippen molar-refractivity contribution in [3.63, 3.8) is 0 Å². The van der Waals surface area contributed by atoms with Crippen LogP contribution in [0.1, 0.15) is 33.6 Å². The molecule has 4 aromatic rings. The molecule has 4 nitrogen and oxygen atoms in total. The summed E-state index contributed by atoms with van der Waals surface area (Å²) in [7, 11) is 0. The van der Waals surface area contributed by atoms with Crippen molar-refractivity contribution in [2.24, 2.45) is 0 Å². The highest BCUT2D eigenvalue weighted by atomic mass is 16.3. The SMILES string of the molecule is Oc1ccc(/C=C/c2cc(/C=C/c3ccc(O)cc3)nc(/C=C/c3ccc(O)cc3)c2)cc1. The van der Waals surface area contributed by atoms with E-state index in [1.54, 1.807) is 36.4 Å². The molecule has 0 aliphatic carbocycles. The van der Waals surface area contributed by atoms with Gasteiger partial charge in [0.15, 0.2) is 0 Å². The third kappa shape index (κ3) is 6.45. The summed E-state index contributed by atoms with van der Waals surface area (Å²) < 4.78 is 0. The number of pyridine rings is 1. The van der Waals surface area contributed by atoms with Crippen LogP contribution in [0, 0.1) is 0 Å². The van der Waals surface area contributed by atoms with Crippen molar-refractivity contribution in [3.8, 4) is 17.2 Å². The molecule has 0 saturated carbocycles. The predicted molar refractivity (Wildman–Crippen MR) is 135 cm³/mol. The second kappa shape index (κ2) is 10.2. The molecule has 0 bridgehead atoms. The summed E-state index contributed by atoms with van der Waals surface area (Å²) in [6, 6.07) is 25.0. The fourth-order valence-corrected chi connectivity index (χ4v) is 3.18. The van der Waals surface area contributed by atoms with Crippen LogP contribution in [0.5, 0.6) is 17.2 Å². The maximum Gasteiger partial charge on any atom is 0.115 e. The highest BCUT2D eigenvalue weighted by Crippen LogP contribution is 2.18. The van der Waals surface area contributed by atoms with Crippen LogP contribution < -0.4 is 0 Å². The molecule has 0 spiro atoms. The first-order valence-corrected chi connectivity index (χ1v) is 10.5. The number of aromatic nitrogens is 1. The predicted octanol–water partition coefficient (Wildman–Crippen LogP) is 6.71. The fourth-order valence-electron chi connectivity index (χ4n) is 3.18. The van der Waals surface area contributed by atoms with Gasteiger partial charge >= 0.3 is 0 Å². The fraction of sp³-hybridized carbons (Fsp3) is 0. The summed E-state index contributed by atoms with van der Waals surface area (Å²) in [4.78, 5) is 4.73. The minimum atomic E-state index is 0.230. The first-order valence-electron chi connectivity index (χ1n) is 10.5. The van der Waals surface area contributed by atoms with Gasteiger partial charge in [0.05, 0.1) is 11.4 Å². The van der Waals surface area contributed by atoms with Gasteiger partial charge in [0.25, 0.3) is 0 Å². The summed E-state index contributed by atoms with van der Waals surface area (Å²) in [5.74, 6) is 0.695. The van der Waals surface area contributed by atoms with Crippen LogP contribution in [-0.4, -0.2) is 20.3 Å². The van der Waals surface area contributed by atoms with Gasteiger partial charge in [-0.2, -0.15) is 0 Å². The molecule has 1 heterocycles. The Balaban J connectivity index is 1.64. The number of phenols is 3. The molecular formula is C29H23NO3. The van der Waals surface area contributed by atoms with E-state index in [2.05, 4.69) is 0 Å². The van der Waals surface area contributed by atoms with E-state index in [4.69, 9.17) is 4.98 Å². The molecule has 0 amide bonds. The van der Waals surface area contributed by atoms with Gasteiger partial charge in [-0.3, -0.25) is 0 Å². The molecule has 0 atom stereocenters. The van der Waals surface area contributed by atoms with Gasteiger partial charge in [0.1, 0.15) is 17.2 Å². The standard InChI is InChI=1S/C29H23NO3/c31-27-13-5-21(6-14-27)1-2-24-19-25(11-3-22-7-15-28(32)16-8-22)30-26(20-24)12-4-23-9-17-29(33)18-10-23/h1-20,31-33H/b2-1+,11-3+,12-4+. The molecule has 4 rings (SSSR count). The molecule has 0 radical (unpaired) electrons. The molecule has 4 heteroatoms. The van der Waals surface area contributed by atoms with Gasteiger partial charge < -0.3 is 15.3 Å². The second-order valence-corrected chi connectivity index (χ2v) is 7.52. The summed E-state index contributed by atoms with van der Waals surface area (Å²) in [5, 5.41) is 28.4. The van der Waals surface area contributed by atoms with Gasteiger partial charge in [-0.05, 0) is 82.9 Å². The molecule has 33 heavy (non-hydrogen) atoms. The minimum Gasteiger partial charge on any atom is -0.508 e. The zero-order valence-corrected chi connectivity index (χ0v) is 17.8. The Bertz CT molecular complexity index is 1120. The van der Waals surface area contributed by atoms with E-state index in [1.807, 2.05) is 85.0 Å². The Hall–Kier alpha value is -4.57. The van der Waals surface area contributed by atoms with Crippen molar-refractivity contribution in [1.29, 1.82) is 0 Å². The maximum absolute atomic E-state index is 9.48. The van der Waals surface area contributed by atoms with E-state index < -0.39 is 0 Å². The normalized spacial score (nSPS) is 11.6. The molecule has 1 aromatic heterocycles. The average Bonchev–Trinajstić information content (AvgIpc) is 2.83. The smallest absolute Gasteiger partial charge is 0.115 e. The van der Waals surface area contributed by atoms with Crippen LogP contribution in [0.15, 0.2) is 84.9 Å². The Morgan fingerprint density at radius 3 is 1.06 bits per heavy atom. The van der Waals surface area contributed by atoms with E-state index in [9.17, 15) is 15.3 Å².